The average molecular weight is 386 g/mol. The number of rotatable bonds is 4. The molecule has 28 heavy (non-hydrogen) atoms. The lowest BCUT2D eigenvalue weighted by atomic mass is 10.0. The van der Waals surface area contributed by atoms with Crippen molar-refractivity contribution in [3.05, 3.63) is 34.9 Å². The summed E-state index contributed by atoms with van der Waals surface area (Å²) in [4.78, 5) is 40.2. The second kappa shape index (κ2) is 7.98. The first-order valence-electron chi connectivity index (χ1n) is 9.85. The number of aliphatic hydroxyl groups excluding tert-OH is 1. The number of hydrogen-bond donors (Lipinski definition) is 3. The summed E-state index contributed by atoms with van der Waals surface area (Å²) in [6.07, 6.45) is 0.636. The summed E-state index contributed by atoms with van der Waals surface area (Å²) >= 11 is 0. The molecule has 0 bridgehead atoms. The molecule has 3 heterocycles. The molecule has 2 fully saturated rings. The second-order valence-corrected chi connectivity index (χ2v) is 7.88. The molecule has 4 rings (SSSR count). The van der Waals surface area contributed by atoms with Crippen LogP contribution in [-0.2, 0) is 22.7 Å². The zero-order chi connectivity index (χ0) is 19.7. The van der Waals surface area contributed by atoms with E-state index in [4.69, 9.17) is 0 Å². The zero-order valence-corrected chi connectivity index (χ0v) is 15.8. The minimum Gasteiger partial charge on any atom is -0.396 e. The molecule has 8 nitrogen and oxygen atoms in total. The van der Waals surface area contributed by atoms with Crippen molar-refractivity contribution in [2.75, 3.05) is 32.8 Å². The predicted octanol–water partition coefficient (Wildman–Crippen LogP) is -0.539. The maximum absolute atomic E-state index is 12.8. The van der Waals surface area contributed by atoms with Crippen LogP contribution < -0.4 is 10.6 Å². The van der Waals surface area contributed by atoms with Gasteiger partial charge in [-0.2, -0.15) is 0 Å². The lowest BCUT2D eigenvalue weighted by Gasteiger charge is -2.29. The Morgan fingerprint density at radius 2 is 2.07 bits per heavy atom. The highest BCUT2D eigenvalue weighted by Crippen LogP contribution is 2.28. The lowest BCUT2D eigenvalue weighted by molar-refractivity contribution is -0.136. The first kappa shape index (κ1) is 19.0. The van der Waals surface area contributed by atoms with E-state index in [0.717, 1.165) is 43.9 Å². The van der Waals surface area contributed by atoms with E-state index < -0.39 is 6.04 Å². The van der Waals surface area contributed by atoms with Crippen LogP contribution in [0.3, 0.4) is 0 Å². The molecule has 0 saturated carbocycles. The van der Waals surface area contributed by atoms with Crippen molar-refractivity contribution >= 4 is 17.7 Å². The van der Waals surface area contributed by atoms with Crippen molar-refractivity contribution in [3.8, 4) is 0 Å². The summed E-state index contributed by atoms with van der Waals surface area (Å²) < 4.78 is 0. The van der Waals surface area contributed by atoms with Crippen LogP contribution in [0.2, 0.25) is 0 Å². The van der Waals surface area contributed by atoms with Crippen molar-refractivity contribution in [2.45, 2.75) is 32.0 Å². The highest BCUT2D eigenvalue weighted by Gasteiger charge is 2.39. The van der Waals surface area contributed by atoms with Gasteiger partial charge in [0, 0.05) is 63.8 Å². The number of carbonyl (C=O) groups is 3. The topological polar surface area (TPSA) is 102 Å². The number of hydrogen-bond acceptors (Lipinski definition) is 6. The number of nitrogens with one attached hydrogen (secondary N) is 2. The van der Waals surface area contributed by atoms with Crippen LogP contribution in [0, 0.1) is 5.92 Å². The van der Waals surface area contributed by atoms with Gasteiger partial charge in [-0.3, -0.25) is 24.6 Å². The summed E-state index contributed by atoms with van der Waals surface area (Å²) in [6, 6.07) is 5.28. The molecule has 0 aromatic heterocycles. The number of aliphatic hydroxyl groups is 1. The van der Waals surface area contributed by atoms with E-state index in [1.807, 2.05) is 18.2 Å². The maximum atomic E-state index is 12.8. The standard InChI is InChI=1S/C20H26N4O4/c25-12-14-8-21-5-6-23(10-14)9-13-1-2-16-15(7-13)11-24(20(16)28)17-3-4-18(26)22-19(17)27/h1-2,7,14,17,21,25H,3-6,8-12H2,(H,22,26,27). The Hall–Kier alpha value is -2.29. The molecule has 3 amide bonds. The minimum absolute atomic E-state index is 0.143. The van der Waals surface area contributed by atoms with E-state index in [9.17, 15) is 19.5 Å². The summed E-state index contributed by atoms with van der Waals surface area (Å²) in [5.74, 6) is -0.581. The average Bonchev–Trinajstić information content (AvgIpc) is 2.85. The first-order chi connectivity index (χ1) is 13.5. The minimum atomic E-state index is -0.581. The molecular weight excluding hydrogens is 360 g/mol. The quantitative estimate of drug-likeness (QED) is 0.601. The smallest absolute Gasteiger partial charge is 0.255 e. The van der Waals surface area contributed by atoms with Gasteiger partial charge in [0.1, 0.15) is 6.04 Å². The Morgan fingerprint density at radius 1 is 1.21 bits per heavy atom. The molecule has 1 aromatic carbocycles. The Bertz CT molecular complexity index is 796. The number of imide groups is 1. The first-order valence-corrected chi connectivity index (χ1v) is 9.85. The van der Waals surface area contributed by atoms with Crippen molar-refractivity contribution < 1.29 is 19.5 Å². The molecule has 0 spiro atoms. The van der Waals surface area contributed by atoms with Crippen molar-refractivity contribution in [1.82, 2.24) is 20.4 Å². The Labute approximate surface area is 163 Å². The molecule has 150 valence electrons. The number of fused-ring (bicyclic) bond motifs is 1. The molecule has 2 atom stereocenters. The number of benzene rings is 1. The van der Waals surface area contributed by atoms with Gasteiger partial charge in [0.2, 0.25) is 11.8 Å². The molecule has 0 radical (unpaired) electrons. The van der Waals surface area contributed by atoms with Gasteiger partial charge in [0.05, 0.1) is 0 Å². The van der Waals surface area contributed by atoms with Gasteiger partial charge < -0.3 is 15.3 Å². The Kier molecular flexibility index (Phi) is 5.43. The van der Waals surface area contributed by atoms with E-state index in [1.54, 1.807) is 4.90 Å². The third-order valence-electron chi connectivity index (χ3n) is 5.81. The summed E-state index contributed by atoms with van der Waals surface area (Å²) in [7, 11) is 0. The Balaban J connectivity index is 1.46. The van der Waals surface area contributed by atoms with Crippen LogP contribution in [-0.4, -0.2) is 71.5 Å². The van der Waals surface area contributed by atoms with E-state index in [1.165, 1.54) is 0 Å². The Morgan fingerprint density at radius 3 is 2.86 bits per heavy atom. The van der Waals surface area contributed by atoms with Gasteiger partial charge in [-0.15, -0.1) is 0 Å². The van der Waals surface area contributed by atoms with E-state index in [-0.39, 0.29) is 36.7 Å². The van der Waals surface area contributed by atoms with Crippen LogP contribution in [0.1, 0.15) is 34.3 Å². The molecule has 0 aliphatic carbocycles. The highest BCUT2D eigenvalue weighted by molar-refractivity contribution is 6.05. The summed E-state index contributed by atoms with van der Waals surface area (Å²) in [6.45, 7) is 4.79. The number of nitrogens with zero attached hydrogens (tertiary/aromatic N) is 2. The van der Waals surface area contributed by atoms with E-state index in [0.29, 0.717) is 18.5 Å². The molecule has 8 heteroatoms. The SMILES string of the molecule is O=C1CCC(N2Cc3cc(CN4CCNCC(CO)C4)ccc3C2=O)C(=O)N1. The van der Waals surface area contributed by atoms with Gasteiger partial charge in [-0.1, -0.05) is 12.1 Å². The van der Waals surface area contributed by atoms with Gasteiger partial charge in [-0.25, -0.2) is 0 Å². The monoisotopic (exact) mass is 386 g/mol. The van der Waals surface area contributed by atoms with Gasteiger partial charge in [0.25, 0.3) is 5.91 Å². The molecule has 3 N–H and O–H groups in total. The molecule has 3 aliphatic rings. The molecular formula is C20H26N4O4. The summed E-state index contributed by atoms with van der Waals surface area (Å²) in [5.41, 5.74) is 2.69. The maximum Gasteiger partial charge on any atom is 0.255 e. The fourth-order valence-corrected chi connectivity index (χ4v) is 4.31. The third kappa shape index (κ3) is 3.80. The van der Waals surface area contributed by atoms with Crippen molar-refractivity contribution in [3.63, 3.8) is 0 Å². The molecule has 2 saturated heterocycles. The largest absolute Gasteiger partial charge is 0.396 e. The zero-order valence-electron chi connectivity index (χ0n) is 15.8. The predicted molar refractivity (Wildman–Crippen MR) is 101 cm³/mol. The third-order valence-corrected chi connectivity index (χ3v) is 5.81. The second-order valence-electron chi connectivity index (χ2n) is 7.88. The van der Waals surface area contributed by atoms with Crippen molar-refractivity contribution in [2.24, 2.45) is 5.92 Å². The van der Waals surface area contributed by atoms with Gasteiger partial charge in [-0.05, 0) is 23.6 Å². The molecule has 2 unspecified atom stereocenters. The van der Waals surface area contributed by atoms with Crippen LogP contribution >= 0.6 is 0 Å². The highest BCUT2D eigenvalue weighted by atomic mass is 16.3. The fourth-order valence-electron chi connectivity index (χ4n) is 4.31. The fraction of sp³-hybridized carbons (Fsp3) is 0.550. The lowest BCUT2D eigenvalue weighted by Crippen LogP contribution is -2.52. The van der Waals surface area contributed by atoms with Crippen molar-refractivity contribution in [1.29, 1.82) is 0 Å². The molecule has 3 aliphatic heterocycles. The van der Waals surface area contributed by atoms with Gasteiger partial charge >= 0.3 is 0 Å². The van der Waals surface area contributed by atoms with Crippen LogP contribution in [0.15, 0.2) is 18.2 Å². The number of carbonyl (C=O) groups excluding carboxylic acids is 3. The van der Waals surface area contributed by atoms with Crippen LogP contribution in [0.25, 0.3) is 0 Å². The van der Waals surface area contributed by atoms with Crippen LogP contribution in [0.5, 0.6) is 0 Å². The van der Waals surface area contributed by atoms with E-state index >= 15 is 0 Å². The number of piperidine rings is 1. The van der Waals surface area contributed by atoms with E-state index in [2.05, 4.69) is 15.5 Å². The number of amides is 3. The van der Waals surface area contributed by atoms with Crippen LogP contribution in [0.4, 0.5) is 0 Å². The molecule has 1 aromatic rings. The summed E-state index contributed by atoms with van der Waals surface area (Å²) in [5, 5.41) is 15.2. The van der Waals surface area contributed by atoms with Gasteiger partial charge in [0.15, 0.2) is 0 Å². The normalized spacial score (nSPS) is 26.2.